The fraction of sp³-hybridized carbons (Fsp3) is 0.211. The number of nitrogens with two attached hydrogens (primary N) is 1. The van der Waals surface area contributed by atoms with Gasteiger partial charge in [-0.3, -0.25) is 0 Å². The van der Waals surface area contributed by atoms with E-state index in [4.69, 9.17) is 5.14 Å². The van der Waals surface area contributed by atoms with E-state index >= 15 is 0 Å². The molecule has 2 aromatic carbocycles. The molecule has 0 atom stereocenters. The molecule has 0 unspecified atom stereocenters. The smallest absolute Gasteiger partial charge is 0.233 e. The number of rotatable bonds is 3. The number of aromatic nitrogens is 2. The summed E-state index contributed by atoms with van der Waals surface area (Å²) < 4.78 is 64.1. The fourth-order valence-corrected chi connectivity index (χ4v) is 4.79. The molecule has 2 N–H and O–H groups in total. The molecule has 0 fully saturated rings. The number of alkyl halides is 3. The standard InChI is InChI=1S/C19H16F3N3O2S2/c20-19(21,22)18-11-16(13-4-3-12-2-1-9-28-17(12)10-13)25(24-18)14-5-7-15(8-6-14)29(23,26)27/h3-8,10-11H,1-2,9H2,(H2,23,26,27). The summed E-state index contributed by atoms with van der Waals surface area (Å²) in [7, 11) is -3.90. The van der Waals surface area contributed by atoms with Crippen LogP contribution in [-0.4, -0.2) is 24.0 Å². The van der Waals surface area contributed by atoms with Gasteiger partial charge in [-0.15, -0.1) is 11.8 Å². The Balaban J connectivity index is 1.85. The van der Waals surface area contributed by atoms with Gasteiger partial charge in [0, 0.05) is 10.5 Å². The molecule has 1 aliphatic rings. The van der Waals surface area contributed by atoms with Gasteiger partial charge in [0.1, 0.15) is 0 Å². The van der Waals surface area contributed by atoms with E-state index in [9.17, 15) is 21.6 Å². The summed E-state index contributed by atoms with van der Waals surface area (Å²) in [5.41, 5.74) is 1.35. The van der Waals surface area contributed by atoms with Gasteiger partial charge in [-0.2, -0.15) is 18.3 Å². The zero-order chi connectivity index (χ0) is 20.8. The fourth-order valence-electron chi connectivity index (χ4n) is 3.20. The Morgan fingerprint density at radius 1 is 1.07 bits per heavy atom. The topological polar surface area (TPSA) is 78.0 Å². The second-order valence-electron chi connectivity index (χ2n) is 6.64. The van der Waals surface area contributed by atoms with E-state index in [1.807, 2.05) is 12.1 Å². The molecule has 1 aliphatic heterocycles. The molecule has 0 saturated carbocycles. The molecule has 4 rings (SSSR count). The molecule has 0 radical (unpaired) electrons. The van der Waals surface area contributed by atoms with Crippen LogP contribution in [0.1, 0.15) is 17.7 Å². The number of aryl methyl sites for hydroxylation is 1. The third-order valence-electron chi connectivity index (χ3n) is 4.62. The van der Waals surface area contributed by atoms with Crippen molar-refractivity contribution in [3.8, 4) is 16.9 Å². The van der Waals surface area contributed by atoms with Gasteiger partial charge in [0.15, 0.2) is 5.69 Å². The maximum Gasteiger partial charge on any atom is 0.435 e. The Bertz CT molecular complexity index is 1170. The van der Waals surface area contributed by atoms with Gasteiger partial charge in [0.05, 0.1) is 16.3 Å². The zero-order valence-corrected chi connectivity index (χ0v) is 16.6. The maximum absolute atomic E-state index is 13.3. The van der Waals surface area contributed by atoms with Crippen molar-refractivity contribution in [3.63, 3.8) is 0 Å². The van der Waals surface area contributed by atoms with Gasteiger partial charge in [-0.1, -0.05) is 12.1 Å². The highest BCUT2D eigenvalue weighted by molar-refractivity contribution is 7.99. The van der Waals surface area contributed by atoms with Crippen LogP contribution < -0.4 is 5.14 Å². The summed E-state index contributed by atoms with van der Waals surface area (Å²) in [6.07, 6.45) is -2.59. The van der Waals surface area contributed by atoms with E-state index in [0.717, 1.165) is 29.6 Å². The highest BCUT2D eigenvalue weighted by Gasteiger charge is 2.35. The molecule has 10 heteroatoms. The first-order valence-corrected chi connectivity index (χ1v) is 11.2. The third kappa shape index (κ3) is 4.05. The number of hydrogen-bond acceptors (Lipinski definition) is 4. The number of hydrogen-bond donors (Lipinski definition) is 1. The van der Waals surface area contributed by atoms with Crippen LogP contribution in [0.5, 0.6) is 0 Å². The highest BCUT2D eigenvalue weighted by atomic mass is 32.2. The molecule has 1 aromatic heterocycles. The number of sulfonamides is 1. The quantitative estimate of drug-likeness (QED) is 0.662. The largest absolute Gasteiger partial charge is 0.435 e. The minimum absolute atomic E-state index is 0.129. The first-order valence-electron chi connectivity index (χ1n) is 8.69. The number of halogens is 3. The number of thioether (sulfide) groups is 1. The number of primary sulfonamides is 1. The van der Waals surface area contributed by atoms with Crippen LogP contribution in [0.2, 0.25) is 0 Å². The predicted octanol–water partition coefficient (Wildman–Crippen LogP) is 4.24. The van der Waals surface area contributed by atoms with Gasteiger partial charge < -0.3 is 0 Å². The van der Waals surface area contributed by atoms with Gasteiger partial charge >= 0.3 is 6.18 Å². The zero-order valence-electron chi connectivity index (χ0n) is 15.0. The van der Waals surface area contributed by atoms with Crippen LogP contribution >= 0.6 is 11.8 Å². The lowest BCUT2D eigenvalue weighted by Crippen LogP contribution is -2.12. The number of benzene rings is 2. The van der Waals surface area contributed by atoms with Crippen LogP contribution in [0.3, 0.4) is 0 Å². The molecule has 2 heterocycles. The van der Waals surface area contributed by atoms with Crippen molar-refractivity contribution in [2.24, 2.45) is 5.14 Å². The van der Waals surface area contributed by atoms with Gasteiger partial charge in [-0.05, 0) is 60.6 Å². The molecule has 3 aromatic rings. The molecular formula is C19H16F3N3O2S2. The lowest BCUT2D eigenvalue weighted by molar-refractivity contribution is -0.141. The average Bonchev–Trinajstić information content (AvgIpc) is 3.13. The second-order valence-corrected chi connectivity index (χ2v) is 9.34. The van der Waals surface area contributed by atoms with Crippen molar-refractivity contribution >= 4 is 21.8 Å². The molecule has 0 bridgehead atoms. The number of nitrogens with zero attached hydrogens (tertiary/aromatic N) is 2. The van der Waals surface area contributed by atoms with E-state index < -0.39 is 21.9 Å². The summed E-state index contributed by atoms with van der Waals surface area (Å²) in [4.78, 5) is 0.927. The summed E-state index contributed by atoms with van der Waals surface area (Å²) in [5, 5.41) is 8.83. The van der Waals surface area contributed by atoms with E-state index in [1.165, 1.54) is 34.5 Å². The van der Waals surface area contributed by atoms with Crippen LogP contribution in [0.25, 0.3) is 16.9 Å². The van der Waals surface area contributed by atoms with E-state index in [1.54, 1.807) is 17.8 Å². The first kappa shape index (κ1) is 20.0. The Morgan fingerprint density at radius 2 is 1.79 bits per heavy atom. The van der Waals surface area contributed by atoms with Crippen LogP contribution in [0, 0.1) is 0 Å². The maximum atomic E-state index is 13.3. The third-order valence-corrected chi connectivity index (χ3v) is 6.73. The van der Waals surface area contributed by atoms with E-state index in [-0.39, 0.29) is 10.6 Å². The lowest BCUT2D eigenvalue weighted by atomic mass is 10.0. The second kappa shape index (κ2) is 7.19. The minimum atomic E-state index is -4.61. The van der Waals surface area contributed by atoms with E-state index in [0.29, 0.717) is 11.3 Å². The van der Waals surface area contributed by atoms with Crippen LogP contribution in [0.15, 0.2) is 58.3 Å². The normalized spacial score (nSPS) is 14.6. The van der Waals surface area contributed by atoms with Crippen molar-refractivity contribution in [3.05, 3.63) is 59.8 Å². The van der Waals surface area contributed by atoms with Gasteiger partial charge in [-0.25, -0.2) is 18.2 Å². The molecule has 29 heavy (non-hydrogen) atoms. The van der Waals surface area contributed by atoms with Crippen molar-refractivity contribution in [1.29, 1.82) is 0 Å². The molecule has 0 spiro atoms. The Morgan fingerprint density at radius 3 is 2.45 bits per heavy atom. The Labute approximate surface area is 169 Å². The summed E-state index contributed by atoms with van der Waals surface area (Å²) in [6.45, 7) is 0. The number of fused-ring (bicyclic) bond motifs is 1. The van der Waals surface area contributed by atoms with Gasteiger partial charge in [0.2, 0.25) is 10.0 Å². The predicted molar refractivity (Wildman–Crippen MR) is 104 cm³/mol. The molecule has 5 nitrogen and oxygen atoms in total. The summed E-state index contributed by atoms with van der Waals surface area (Å²) in [5.74, 6) is 0.971. The summed E-state index contributed by atoms with van der Waals surface area (Å²) in [6, 6.07) is 11.8. The molecule has 0 aliphatic carbocycles. The molecule has 0 amide bonds. The first-order chi connectivity index (χ1) is 13.6. The van der Waals surface area contributed by atoms with Crippen molar-refractivity contribution < 1.29 is 21.6 Å². The van der Waals surface area contributed by atoms with Crippen LogP contribution in [0.4, 0.5) is 13.2 Å². The Hall–Kier alpha value is -2.30. The van der Waals surface area contributed by atoms with Crippen molar-refractivity contribution in [2.45, 2.75) is 28.8 Å². The van der Waals surface area contributed by atoms with Crippen LogP contribution in [-0.2, 0) is 22.6 Å². The monoisotopic (exact) mass is 439 g/mol. The van der Waals surface area contributed by atoms with Crippen molar-refractivity contribution in [1.82, 2.24) is 9.78 Å². The average molecular weight is 439 g/mol. The summed E-state index contributed by atoms with van der Waals surface area (Å²) >= 11 is 1.68. The SMILES string of the molecule is NS(=O)(=O)c1ccc(-n2nc(C(F)(F)F)cc2-c2ccc3c(c2)SCCC3)cc1. The molecular weight excluding hydrogens is 423 g/mol. The minimum Gasteiger partial charge on any atom is -0.233 e. The van der Waals surface area contributed by atoms with Crippen molar-refractivity contribution in [2.75, 3.05) is 5.75 Å². The van der Waals surface area contributed by atoms with Gasteiger partial charge in [0.25, 0.3) is 0 Å². The highest BCUT2D eigenvalue weighted by Crippen LogP contribution is 2.37. The van der Waals surface area contributed by atoms with E-state index in [2.05, 4.69) is 5.10 Å². The Kier molecular flexibility index (Phi) is 4.96. The molecule has 0 saturated heterocycles. The molecule has 152 valence electrons. The lowest BCUT2D eigenvalue weighted by Gasteiger charge is -2.16.